The highest BCUT2D eigenvalue weighted by Crippen LogP contribution is 2.62. The molecule has 0 saturated carbocycles. The average Bonchev–Trinajstić information content (AvgIpc) is 3.80. The molecule has 1 aliphatic heterocycles. The van der Waals surface area contributed by atoms with E-state index in [-0.39, 0.29) is 0 Å². The van der Waals surface area contributed by atoms with Gasteiger partial charge in [0, 0.05) is 48.0 Å². The van der Waals surface area contributed by atoms with Gasteiger partial charge in [-0.05, 0) is 57.6 Å². The quantitative estimate of drug-likeness (QED) is 0.180. The molecule has 0 atom stereocenters. The fourth-order valence-electron chi connectivity index (χ4n) is 9.17. The van der Waals surface area contributed by atoms with Gasteiger partial charge < -0.3 is 4.74 Å². The largest absolute Gasteiger partial charge is 0.457 e. The van der Waals surface area contributed by atoms with Crippen LogP contribution in [0.3, 0.4) is 0 Å². The third-order valence-corrected chi connectivity index (χ3v) is 12.8. The number of benzene rings is 8. The SMILES string of the molecule is c1ccc(-c2nc(-c3ccc4c(c3)sc3ccccc34)nc(-c3ccccc3-c3ccc4c(c3)Oc3ccccc3C43c4ccccc4-c4ccccc43)n2)cc1. The third kappa shape index (κ3) is 4.76. The molecule has 2 aromatic heterocycles. The Labute approximate surface area is 333 Å². The zero-order chi connectivity index (χ0) is 37.5. The first kappa shape index (κ1) is 32.1. The summed E-state index contributed by atoms with van der Waals surface area (Å²) in [6.45, 7) is 0. The van der Waals surface area contributed by atoms with E-state index in [1.807, 2.05) is 18.2 Å². The summed E-state index contributed by atoms with van der Waals surface area (Å²) < 4.78 is 9.35. The number of nitrogens with zero attached hydrogens (tertiary/aromatic N) is 3. The van der Waals surface area contributed by atoms with Crippen LogP contribution in [0.1, 0.15) is 22.3 Å². The Morgan fingerprint density at radius 1 is 0.351 bits per heavy atom. The van der Waals surface area contributed by atoms with E-state index in [1.165, 1.54) is 42.4 Å². The summed E-state index contributed by atoms with van der Waals surface area (Å²) in [5.41, 5.74) is 11.7. The maximum atomic E-state index is 6.87. The molecule has 1 aliphatic carbocycles. The number of hydrogen-bond donors (Lipinski definition) is 0. The van der Waals surface area contributed by atoms with Crippen molar-refractivity contribution in [2.24, 2.45) is 0 Å². The topological polar surface area (TPSA) is 47.9 Å². The molecule has 0 amide bonds. The van der Waals surface area contributed by atoms with E-state index in [4.69, 9.17) is 19.7 Å². The highest BCUT2D eigenvalue weighted by atomic mass is 32.1. The Hall–Kier alpha value is -7.21. The number of hydrogen-bond acceptors (Lipinski definition) is 5. The average molecular weight is 746 g/mol. The van der Waals surface area contributed by atoms with E-state index in [2.05, 4.69) is 170 Å². The summed E-state index contributed by atoms with van der Waals surface area (Å²) in [4.78, 5) is 15.5. The molecule has 8 aromatic carbocycles. The van der Waals surface area contributed by atoms with Crippen LogP contribution in [-0.4, -0.2) is 15.0 Å². The van der Waals surface area contributed by atoms with Crippen LogP contribution in [0.5, 0.6) is 11.5 Å². The molecule has 10 aromatic rings. The second kappa shape index (κ2) is 12.4. The summed E-state index contributed by atoms with van der Waals surface area (Å²) in [7, 11) is 0. The standard InChI is InChI=1S/C52H31N3OS/c1-2-14-32(15-3-1)49-53-50(34-26-28-39-38-19-8-13-25-47(38)57-48(39)31-34)55-51(54-49)40-20-5-4-16-35(40)33-27-29-44-46(30-33)56-45-24-12-11-23-43(45)52(44)41-21-9-6-17-36(41)37-18-7-10-22-42(37)52/h1-31H. The summed E-state index contributed by atoms with van der Waals surface area (Å²) in [5, 5.41) is 2.51. The molecule has 0 N–H and O–H groups in total. The highest BCUT2D eigenvalue weighted by molar-refractivity contribution is 7.25. The van der Waals surface area contributed by atoms with Crippen molar-refractivity contribution in [2.75, 3.05) is 0 Å². The fraction of sp³-hybridized carbons (Fsp3) is 0.0192. The maximum absolute atomic E-state index is 6.87. The van der Waals surface area contributed by atoms with Gasteiger partial charge in [-0.3, -0.25) is 0 Å². The Balaban J connectivity index is 1.04. The molecule has 2 aliphatic rings. The van der Waals surface area contributed by atoms with Gasteiger partial charge in [-0.15, -0.1) is 11.3 Å². The first-order chi connectivity index (χ1) is 28.2. The molecule has 3 heterocycles. The molecular weight excluding hydrogens is 715 g/mol. The minimum Gasteiger partial charge on any atom is -0.457 e. The summed E-state index contributed by atoms with van der Waals surface area (Å²) >= 11 is 1.79. The number of fused-ring (bicyclic) bond motifs is 12. The zero-order valence-corrected chi connectivity index (χ0v) is 31.4. The van der Waals surface area contributed by atoms with Gasteiger partial charge in [0.25, 0.3) is 0 Å². The summed E-state index contributed by atoms with van der Waals surface area (Å²) in [5.74, 6) is 3.59. The first-order valence-electron chi connectivity index (χ1n) is 19.2. The molecule has 0 bridgehead atoms. The molecule has 4 nitrogen and oxygen atoms in total. The van der Waals surface area contributed by atoms with Crippen LogP contribution in [0, 0.1) is 0 Å². The van der Waals surface area contributed by atoms with Crippen molar-refractivity contribution in [2.45, 2.75) is 5.41 Å². The number of rotatable bonds is 4. The minimum atomic E-state index is -0.515. The van der Waals surface area contributed by atoms with Crippen molar-refractivity contribution in [3.8, 4) is 67.9 Å². The number of aromatic nitrogens is 3. The van der Waals surface area contributed by atoms with Crippen LogP contribution in [0.15, 0.2) is 188 Å². The van der Waals surface area contributed by atoms with Crippen molar-refractivity contribution < 1.29 is 4.74 Å². The number of thiophene rings is 1. The van der Waals surface area contributed by atoms with Crippen LogP contribution < -0.4 is 4.74 Å². The van der Waals surface area contributed by atoms with Crippen LogP contribution in [0.2, 0.25) is 0 Å². The Morgan fingerprint density at radius 3 is 1.70 bits per heavy atom. The van der Waals surface area contributed by atoms with Crippen molar-refractivity contribution in [3.63, 3.8) is 0 Å². The van der Waals surface area contributed by atoms with Crippen LogP contribution in [0.4, 0.5) is 0 Å². The van der Waals surface area contributed by atoms with Crippen LogP contribution in [0.25, 0.3) is 76.6 Å². The zero-order valence-electron chi connectivity index (χ0n) is 30.6. The Bertz CT molecular complexity index is 3200. The second-order valence-electron chi connectivity index (χ2n) is 14.7. The van der Waals surface area contributed by atoms with Crippen molar-refractivity contribution in [3.05, 3.63) is 210 Å². The lowest BCUT2D eigenvalue weighted by atomic mass is 9.66. The molecular formula is C52H31N3OS. The maximum Gasteiger partial charge on any atom is 0.164 e. The lowest BCUT2D eigenvalue weighted by molar-refractivity contribution is 0.436. The van der Waals surface area contributed by atoms with Crippen molar-refractivity contribution >= 4 is 31.5 Å². The van der Waals surface area contributed by atoms with Gasteiger partial charge in [0.1, 0.15) is 11.5 Å². The normalized spacial score (nSPS) is 13.2. The van der Waals surface area contributed by atoms with E-state index in [9.17, 15) is 0 Å². The minimum absolute atomic E-state index is 0.515. The monoisotopic (exact) mass is 745 g/mol. The van der Waals surface area contributed by atoms with Crippen LogP contribution in [-0.2, 0) is 5.41 Å². The molecule has 12 rings (SSSR count). The van der Waals surface area contributed by atoms with E-state index in [0.29, 0.717) is 17.5 Å². The van der Waals surface area contributed by atoms with E-state index in [1.54, 1.807) is 11.3 Å². The lowest BCUT2D eigenvalue weighted by Gasteiger charge is -2.39. The van der Waals surface area contributed by atoms with Crippen molar-refractivity contribution in [1.29, 1.82) is 0 Å². The Morgan fingerprint density at radius 2 is 0.912 bits per heavy atom. The molecule has 0 fully saturated rings. The summed E-state index contributed by atoms with van der Waals surface area (Å²) in [6, 6.07) is 66.5. The van der Waals surface area contributed by atoms with Gasteiger partial charge in [-0.25, -0.2) is 15.0 Å². The molecule has 5 heteroatoms. The lowest BCUT2D eigenvalue weighted by Crippen LogP contribution is -2.32. The third-order valence-electron chi connectivity index (χ3n) is 11.6. The van der Waals surface area contributed by atoms with Gasteiger partial charge >= 0.3 is 0 Å². The van der Waals surface area contributed by atoms with Gasteiger partial charge in [0.2, 0.25) is 0 Å². The first-order valence-corrected chi connectivity index (χ1v) is 20.0. The molecule has 1 spiro atoms. The predicted octanol–water partition coefficient (Wildman–Crippen LogP) is 13.4. The molecule has 0 saturated heterocycles. The van der Waals surface area contributed by atoms with Gasteiger partial charge in [-0.2, -0.15) is 0 Å². The highest BCUT2D eigenvalue weighted by Gasteiger charge is 2.50. The van der Waals surface area contributed by atoms with Gasteiger partial charge in [0.05, 0.1) is 5.41 Å². The molecule has 57 heavy (non-hydrogen) atoms. The summed E-state index contributed by atoms with van der Waals surface area (Å²) in [6.07, 6.45) is 0. The van der Waals surface area contributed by atoms with E-state index >= 15 is 0 Å². The fourth-order valence-corrected chi connectivity index (χ4v) is 10.3. The van der Waals surface area contributed by atoms with E-state index in [0.717, 1.165) is 50.4 Å². The number of para-hydroxylation sites is 1. The smallest absolute Gasteiger partial charge is 0.164 e. The van der Waals surface area contributed by atoms with E-state index < -0.39 is 5.41 Å². The number of ether oxygens (including phenoxy) is 1. The van der Waals surface area contributed by atoms with Gasteiger partial charge in [0.15, 0.2) is 17.5 Å². The van der Waals surface area contributed by atoms with Gasteiger partial charge in [-0.1, -0.05) is 164 Å². The van der Waals surface area contributed by atoms with Crippen LogP contribution >= 0.6 is 11.3 Å². The molecule has 0 unspecified atom stereocenters. The van der Waals surface area contributed by atoms with Crippen molar-refractivity contribution in [1.82, 2.24) is 15.0 Å². The Kier molecular flexibility index (Phi) is 6.98. The molecule has 266 valence electrons. The second-order valence-corrected chi connectivity index (χ2v) is 15.8. The predicted molar refractivity (Wildman–Crippen MR) is 232 cm³/mol. The molecule has 0 radical (unpaired) electrons.